The molecule has 0 aliphatic carbocycles. The fourth-order valence-electron chi connectivity index (χ4n) is 2.76. The second-order valence-corrected chi connectivity index (χ2v) is 7.27. The van der Waals surface area contributed by atoms with Gasteiger partial charge in [0.15, 0.2) is 5.58 Å². The number of aromatic nitrogens is 1. The fourth-order valence-corrected chi connectivity index (χ4v) is 3.92. The molecule has 4 rings (SSSR count). The van der Waals surface area contributed by atoms with Crippen molar-refractivity contribution in [1.82, 2.24) is 9.47 Å². The van der Waals surface area contributed by atoms with Gasteiger partial charge in [0.25, 0.3) is 5.91 Å². The zero-order chi connectivity index (χ0) is 16.8. The number of hydrogen-bond donors (Lipinski definition) is 0. The Morgan fingerprint density at radius 2 is 1.92 bits per heavy atom. The Balaban J connectivity index is 1.74. The van der Waals surface area contributed by atoms with Gasteiger partial charge in [0.2, 0.25) is 0 Å². The third kappa shape index (κ3) is 2.39. The highest BCUT2D eigenvalue weighted by Gasteiger charge is 2.29. The van der Waals surface area contributed by atoms with Crippen molar-refractivity contribution >= 4 is 51.4 Å². The largest absolute Gasteiger partial charge is 0.455 e. The molecule has 1 saturated heterocycles. The molecule has 1 amide bonds. The van der Waals surface area contributed by atoms with E-state index in [2.05, 4.69) is 16.7 Å². The standard InChI is InChI=1S/C18H14N2O2S2/c1-19-13(11-6-4-3-5-7-11)10-15-14(19)8-12(22-15)9-16-17(21)20(2)18(23)24-16/h3-10H,1-2H3/b16-9+. The summed E-state index contributed by atoms with van der Waals surface area (Å²) in [4.78, 5) is 14.1. The van der Waals surface area contributed by atoms with E-state index in [9.17, 15) is 4.79 Å². The number of aryl methyl sites for hydroxylation is 1. The first-order valence-electron chi connectivity index (χ1n) is 7.41. The molecular formula is C18H14N2O2S2. The number of amides is 1. The summed E-state index contributed by atoms with van der Waals surface area (Å²) in [5.41, 5.74) is 4.03. The Kier molecular flexibility index (Phi) is 3.58. The molecular weight excluding hydrogens is 340 g/mol. The quantitative estimate of drug-likeness (QED) is 0.509. The topological polar surface area (TPSA) is 38.4 Å². The molecule has 120 valence electrons. The molecule has 0 saturated carbocycles. The molecule has 3 aromatic rings. The molecule has 2 aromatic heterocycles. The van der Waals surface area contributed by atoms with E-state index in [1.54, 1.807) is 13.1 Å². The zero-order valence-electron chi connectivity index (χ0n) is 13.1. The van der Waals surface area contributed by atoms with Crippen molar-refractivity contribution in [1.29, 1.82) is 0 Å². The van der Waals surface area contributed by atoms with Crippen molar-refractivity contribution in [2.75, 3.05) is 7.05 Å². The molecule has 6 heteroatoms. The van der Waals surface area contributed by atoms with Crippen LogP contribution in [0.15, 0.2) is 51.8 Å². The monoisotopic (exact) mass is 354 g/mol. The predicted molar refractivity (Wildman–Crippen MR) is 102 cm³/mol. The van der Waals surface area contributed by atoms with Gasteiger partial charge in [-0.15, -0.1) is 0 Å². The number of hydrogen-bond acceptors (Lipinski definition) is 4. The average Bonchev–Trinajstić information content (AvgIpc) is 3.19. The molecule has 1 fully saturated rings. The van der Waals surface area contributed by atoms with Crippen LogP contribution in [0.25, 0.3) is 28.4 Å². The van der Waals surface area contributed by atoms with Crippen LogP contribution in [0, 0.1) is 0 Å². The summed E-state index contributed by atoms with van der Waals surface area (Å²) < 4.78 is 8.56. The molecule has 1 aliphatic rings. The van der Waals surface area contributed by atoms with E-state index in [-0.39, 0.29) is 5.91 Å². The van der Waals surface area contributed by atoms with Crippen molar-refractivity contribution in [3.63, 3.8) is 0 Å². The lowest BCUT2D eigenvalue weighted by atomic mass is 10.1. The summed E-state index contributed by atoms with van der Waals surface area (Å²) >= 11 is 6.44. The van der Waals surface area contributed by atoms with E-state index in [0.29, 0.717) is 15.0 Å². The summed E-state index contributed by atoms with van der Waals surface area (Å²) in [7, 11) is 3.69. The number of thiocarbonyl (C=S) groups is 1. The van der Waals surface area contributed by atoms with Crippen molar-refractivity contribution < 1.29 is 9.21 Å². The number of rotatable bonds is 2. The van der Waals surface area contributed by atoms with Gasteiger partial charge in [-0.3, -0.25) is 9.69 Å². The van der Waals surface area contributed by atoms with Gasteiger partial charge in [-0.05, 0) is 5.56 Å². The molecule has 0 spiro atoms. The lowest BCUT2D eigenvalue weighted by Crippen LogP contribution is -2.22. The van der Waals surface area contributed by atoms with Crippen LogP contribution in [0.2, 0.25) is 0 Å². The Labute approximate surface area is 148 Å². The van der Waals surface area contributed by atoms with Gasteiger partial charge in [0.05, 0.1) is 16.1 Å². The number of furan rings is 1. The maximum Gasteiger partial charge on any atom is 0.266 e. The van der Waals surface area contributed by atoms with Gasteiger partial charge in [-0.2, -0.15) is 0 Å². The van der Waals surface area contributed by atoms with Crippen LogP contribution < -0.4 is 0 Å². The van der Waals surface area contributed by atoms with Crippen LogP contribution in [0.5, 0.6) is 0 Å². The molecule has 0 N–H and O–H groups in total. The third-order valence-electron chi connectivity index (χ3n) is 4.08. The summed E-state index contributed by atoms with van der Waals surface area (Å²) in [6, 6.07) is 14.1. The lowest BCUT2D eigenvalue weighted by molar-refractivity contribution is -0.121. The number of nitrogens with zero attached hydrogens (tertiary/aromatic N) is 2. The second kappa shape index (κ2) is 5.65. The molecule has 4 nitrogen and oxygen atoms in total. The molecule has 0 bridgehead atoms. The van der Waals surface area contributed by atoms with E-state index < -0.39 is 0 Å². The van der Waals surface area contributed by atoms with Gasteiger partial charge < -0.3 is 8.98 Å². The number of carbonyl (C=O) groups excluding carboxylic acids is 1. The van der Waals surface area contributed by atoms with E-state index in [4.69, 9.17) is 16.6 Å². The highest BCUT2D eigenvalue weighted by molar-refractivity contribution is 8.26. The number of benzene rings is 1. The summed E-state index contributed by atoms with van der Waals surface area (Å²) in [5, 5.41) is 0. The number of thioether (sulfide) groups is 1. The van der Waals surface area contributed by atoms with Crippen molar-refractivity contribution in [2.24, 2.45) is 7.05 Å². The van der Waals surface area contributed by atoms with Gasteiger partial charge in [0.1, 0.15) is 10.1 Å². The molecule has 0 radical (unpaired) electrons. The first-order chi connectivity index (χ1) is 11.5. The van der Waals surface area contributed by atoms with Crippen molar-refractivity contribution in [2.45, 2.75) is 0 Å². The highest BCUT2D eigenvalue weighted by Crippen LogP contribution is 2.34. The maximum absolute atomic E-state index is 12.1. The SMILES string of the molecule is CN1C(=O)/C(=C\c2cc3c(cc(-c4ccccc4)n3C)o2)SC1=S. The normalized spacial score (nSPS) is 16.8. The molecule has 1 aliphatic heterocycles. The van der Waals surface area contributed by atoms with Crippen molar-refractivity contribution in [3.8, 4) is 11.3 Å². The minimum atomic E-state index is -0.0876. The van der Waals surface area contributed by atoms with Gasteiger partial charge in [0, 0.05) is 32.3 Å². The first kappa shape index (κ1) is 15.2. The van der Waals surface area contributed by atoms with E-state index in [1.807, 2.05) is 37.4 Å². The Bertz CT molecular complexity index is 999. The van der Waals surface area contributed by atoms with Crippen LogP contribution in [0.1, 0.15) is 5.76 Å². The van der Waals surface area contributed by atoms with Crippen molar-refractivity contribution in [3.05, 3.63) is 53.1 Å². The third-order valence-corrected chi connectivity index (χ3v) is 5.56. The minimum Gasteiger partial charge on any atom is -0.455 e. The van der Waals surface area contributed by atoms with Crippen LogP contribution in [0.3, 0.4) is 0 Å². The van der Waals surface area contributed by atoms with Gasteiger partial charge >= 0.3 is 0 Å². The smallest absolute Gasteiger partial charge is 0.266 e. The maximum atomic E-state index is 12.1. The molecule has 24 heavy (non-hydrogen) atoms. The Hall–Kier alpha value is -2.31. The lowest BCUT2D eigenvalue weighted by Gasteiger charge is -2.03. The van der Waals surface area contributed by atoms with Gasteiger partial charge in [-0.25, -0.2) is 0 Å². The zero-order valence-corrected chi connectivity index (χ0v) is 14.8. The van der Waals surface area contributed by atoms with Gasteiger partial charge in [-0.1, -0.05) is 54.3 Å². The fraction of sp³-hybridized carbons (Fsp3) is 0.111. The molecule has 0 atom stereocenters. The molecule has 1 aromatic carbocycles. The van der Waals surface area contributed by atoms with E-state index in [1.165, 1.54) is 16.7 Å². The van der Waals surface area contributed by atoms with Crippen LogP contribution in [-0.2, 0) is 11.8 Å². The summed E-state index contributed by atoms with van der Waals surface area (Å²) in [6.07, 6.45) is 1.75. The number of carbonyl (C=O) groups is 1. The minimum absolute atomic E-state index is 0.0876. The predicted octanol–water partition coefficient (Wildman–Crippen LogP) is 4.27. The second-order valence-electron chi connectivity index (χ2n) is 5.59. The molecule has 3 heterocycles. The van der Waals surface area contributed by atoms with Crippen LogP contribution in [0.4, 0.5) is 0 Å². The van der Waals surface area contributed by atoms with E-state index >= 15 is 0 Å². The Morgan fingerprint density at radius 3 is 2.54 bits per heavy atom. The average molecular weight is 354 g/mol. The van der Waals surface area contributed by atoms with Crippen LogP contribution in [-0.4, -0.2) is 26.7 Å². The molecule has 0 unspecified atom stereocenters. The number of likely N-dealkylation sites (N-methyl/N-ethyl adjacent to an activating group) is 1. The first-order valence-corrected chi connectivity index (χ1v) is 8.63. The summed E-state index contributed by atoms with van der Waals surface area (Å²) in [6.45, 7) is 0. The summed E-state index contributed by atoms with van der Waals surface area (Å²) in [5.74, 6) is 0.569. The number of fused-ring (bicyclic) bond motifs is 1. The van der Waals surface area contributed by atoms with E-state index in [0.717, 1.165) is 22.4 Å². The Morgan fingerprint density at radius 1 is 1.17 bits per heavy atom. The highest BCUT2D eigenvalue weighted by atomic mass is 32.2. The van der Waals surface area contributed by atoms with Crippen LogP contribution >= 0.6 is 24.0 Å².